The molecule has 3 rings (SSSR count). The largest absolute Gasteiger partial charge is 0.487 e. The first-order chi connectivity index (χ1) is 13.7. The molecule has 1 unspecified atom stereocenters. The highest BCUT2D eigenvalue weighted by Gasteiger charge is 2.19. The number of rotatable bonds is 7. The number of hydrogen-bond acceptors (Lipinski definition) is 6. The van der Waals surface area contributed by atoms with Crippen molar-refractivity contribution in [2.75, 3.05) is 32.2 Å². The van der Waals surface area contributed by atoms with E-state index in [1.165, 1.54) is 7.11 Å². The van der Waals surface area contributed by atoms with Gasteiger partial charge in [-0.3, -0.25) is 4.79 Å². The molecule has 1 fully saturated rings. The number of nitrogens with one attached hydrogen (secondary N) is 2. The molecule has 1 aliphatic rings. The Morgan fingerprint density at radius 1 is 1.21 bits per heavy atom. The fourth-order valence-corrected chi connectivity index (χ4v) is 2.91. The van der Waals surface area contributed by atoms with Gasteiger partial charge in [0.1, 0.15) is 12.4 Å². The first-order valence-electron chi connectivity index (χ1n) is 9.16. The number of benzene rings is 2. The van der Waals surface area contributed by atoms with Crippen molar-refractivity contribution >= 4 is 30.0 Å². The maximum Gasteiger partial charge on any atom is 0.337 e. The van der Waals surface area contributed by atoms with Gasteiger partial charge in [-0.15, -0.1) is 12.4 Å². The van der Waals surface area contributed by atoms with E-state index < -0.39 is 5.97 Å². The molecule has 1 saturated heterocycles. The van der Waals surface area contributed by atoms with Crippen molar-refractivity contribution in [1.29, 1.82) is 0 Å². The minimum atomic E-state index is -0.479. The third-order valence-corrected chi connectivity index (χ3v) is 4.34. The lowest BCUT2D eigenvalue weighted by molar-refractivity contribution is -0.117. The summed E-state index contributed by atoms with van der Waals surface area (Å²) in [5.74, 6) is -0.181. The smallest absolute Gasteiger partial charge is 0.337 e. The molecule has 0 spiro atoms. The number of hydrogen-bond donors (Lipinski definition) is 2. The molecule has 1 atom stereocenters. The van der Waals surface area contributed by atoms with E-state index in [0.717, 1.165) is 12.1 Å². The lowest BCUT2D eigenvalue weighted by Gasteiger charge is -2.23. The van der Waals surface area contributed by atoms with Gasteiger partial charge in [-0.25, -0.2) is 4.79 Å². The SMILES string of the molecule is COC(=O)c1ccc(OCc2ccccc2)c(NC(=O)CC2COCCN2)c1.Cl. The number of halogens is 1. The zero-order valence-corrected chi connectivity index (χ0v) is 17.0. The predicted molar refractivity (Wildman–Crippen MR) is 112 cm³/mol. The maximum absolute atomic E-state index is 12.5. The van der Waals surface area contributed by atoms with Crippen molar-refractivity contribution in [2.24, 2.45) is 0 Å². The minimum absolute atomic E-state index is 0. The van der Waals surface area contributed by atoms with Crippen molar-refractivity contribution in [1.82, 2.24) is 5.32 Å². The Morgan fingerprint density at radius 3 is 2.69 bits per heavy atom. The highest BCUT2D eigenvalue weighted by atomic mass is 35.5. The third-order valence-electron chi connectivity index (χ3n) is 4.34. The van der Waals surface area contributed by atoms with Crippen LogP contribution in [0.25, 0.3) is 0 Å². The second kappa shape index (κ2) is 11.4. The molecule has 1 aliphatic heterocycles. The van der Waals surface area contributed by atoms with Gasteiger partial charge in [-0.2, -0.15) is 0 Å². The van der Waals surface area contributed by atoms with Crippen molar-refractivity contribution in [3.8, 4) is 5.75 Å². The normalized spacial score (nSPS) is 15.7. The molecule has 1 heterocycles. The Bertz CT molecular complexity index is 810. The van der Waals surface area contributed by atoms with Crippen LogP contribution < -0.4 is 15.4 Å². The molecular formula is C21H25ClN2O5. The van der Waals surface area contributed by atoms with Crippen LogP contribution >= 0.6 is 12.4 Å². The van der Waals surface area contributed by atoms with Gasteiger partial charge in [0.15, 0.2) is 0 Å². The zero-order chi connectivity index (χ0) is 19.8. The van der Waals surface area contributed by atoms with E-state index in [-0.39, 0.29) is 30.8 Å². The molecular weight excluding hydrogens is 396 g/mol. The number of carbonyl (C=O) groups is 2. The molecule has 156 valence electrons. The van der Waals surface area contributed by atoms with E-state index in [0.29, 0.717) is 36.8 Å². The highest BCUT2D eigenvalue weighted by Crippen LogP contribution is 2.27. The molecule has 0 bridgehead atoms. The fourth-order valence-electron chi connectivity index (χ4n) is 2.91. The molecule has 29 heavy (non-hydrogen) atoms. The summed E-state index contributed by atoms with van der Waals surface area (Å²) < 4.78 is 16.0. The number of anilines is 1. The van der Waals surface area contributed by atoms with Crippen LogP contribution in [0.4, 0.5) is 5.69 Å². The second-order valence-electron chi connectivity index (χ2n) is 6.46. The van der Waals surface area contributed by atoms with Gasteiger partial charge in [0, 0.05) is 19.0 Å². The van der Waals surface area contributed by atoms with Crippen LogP contribution in [0.5, 0.6) is 5.75 Å². The first kappa shape index (κ1) is 22.7. The summed E-state index contributed by atoms with van der Waals surface area (Å²) in [6, 6.07) is 14.5. The first-order valence-corrected chi connectivity index (χ1v) is 9.16. The quantitative estimate of drug-likeness (QED) is 0.670. The minimum Gasteiger partial charge on any atom is -0.487 e. The van der Waals surface area contributed by atoms with E-state index in [1.807, 2.05) is 30.3 Å². The van der Waals surface area contributed by atoms with Crippen LogP contribution in [0.2, 0.25) is 0 Å². The Hall–Kier alpha value is -2.61. The third kappa shape index (κ3) is 6.74. The zero-order valence-electron chi connectivity index (χ0n) is 16.2. The molecule has 2 aromatic rings. The second-order valence-corrected chi connectivity index (χ2v) is 6.46. The van der Waals surface area contributed by atoms with Crippen molar-refractivity contribution in [3.05, 3.63) is 59.7 Å². The average molecular weight is 421 g/mol. The Balaban J connectivity index is 0.00000300. The molecule has 0 saturated carbocycles. The molecule has 0 aliphatic carbocycles. The molecule has 0 aromatic heterocycles. The van der Waals surface area contributed by atoms with Gasteiger partial charge in [-0.05, 0) is 23.8 Å². The van der Waals surface area contributed by atoms with E-state index in [4.69, 9.17) is 14.2 Å². The van der Waals surface area contributed by atoms with Crippen LogP contribution in [0.3, 0.4) is 0 Å². The van der Waals surface area contributed by atoms with E-state index in [9.17, 15) is 9.59 Å². The van der Waals surface area contributed by atoms with E-state index in [2.05, 4.69) is 10.6 Å². The van der Waals surface area contributed by atoms with Crippen LogP contribution in [0.1, 0.15) is 22.3 Å². The van der Waals surface area contributed by atoms with Crippen molar-refractivity contribution in [2.45, 2.75) is 19.1 Å². The number of carbonyl (C=O) groups excluding carboxylic acids is 2. The van der Waals surface area contributed by atoms with Gasteiger partial charge in [0.25, 0.3) is 0 Å². The van der Waals surface area contributed by atoms with E-state index >= 15 is 0 Å². The highest BCUT2D eigenvalue weighted by molar-refractivity contribution is 5.96. The molecule has 2 aromatic carbocycles. The summed E-state index contributed by atoms with van der Waals surface area (Å²) in [5.41, 5.74) is 1.77. The molecule has 0 radical (unpaired) electrons. The predicted octanol–water partition coefficient (Wildman–Crippen LogP) is 2.79. The number of amides is 1. The van der Waals surface area contributed by atoms with Gasteiger partial charge in [-0.1, -0.05) is 30.3 Å². The van der Waals surface area contributed by atoms with Crippen molar-refractivity contribution < 1.29 is 23.8 Å². The molecule has 8 heteroatoms. The molecule has 7 nitrogen and oxygen atoms in total. The van der Waals surface area contributed by atoms with Crippen molar-refractivity contribution in [3.63, 3.8) is 0 Å². The van der Waals surface area contributed by atoms with Crippen LogP contribution in [0.15, 0.2) is 48.5 Å². The van der Waals surface area contributed by atoms with Gasteiger partial charge < -0.3 is 24.8 Å². The number of morpholine rings is 1. The Kier molecular flexibility index (Phi) is 8.92. The lowest BCUT2D eigenvalue weighted by atomic mass is 10.1. The molecule has 1 amide bonds. The summed E-state index contributed by atoms with van der Waals surface area (Å²) in [5, 5.41) is 6.09. The van der Waals surface area contributed by atoms with Gasteiger partial charge in [0.05, 0.1) is 31.6 Å². The van der Waals surface area contributed by atoms with Crippen LogP contribution in [-0.2, 0) is 20.9 Å². The summed E-state index contributed by atoms with van der Waals surface area (Å²) in [6.07, 6.45) is 0.264. The standard InChI is InChI=1S/C21H24N2O5.ClH/c1-26-21(25)16-7-8-19(28-13-15-5-3-2-4-6-15)18(11-16)23-20(24)12-17-14-27-10-9-22-17;/h2-8,11,17,22H,9-10,12-14H2,1H3,(H,23,24);1H. The fraction of sp³-hybridized carbons (Fsp3) is 0.333. The number of methoxy groups -OCH3 is 1. The maximum atomic E-state index is 12.5. The molecule has 2 N–H and O–H groups in total. The van der Waals surface area contributed by atoms with Gasteiger partial charge >= 0.3 is 5.97 Å². The topological polar surface area (TPSA) is 85.9 Å². The Morgan fingerprint density at radius 2 is 2.00 bits per heavy atom. The lowest BCUT2D eigenvalue weighted by Crippen LogP contribution is -2.43. The average Bonchev–Trinajstić information content (AvgIpc) is 2.73. The monoisotopic (exact) mass is 420 g/mol. The van der Waals surface area contributed by atoms with Gasteiger partial charge in [0.2, 0.25) is 5.91 Å². The van der Waals surface area contributed by atoms with Crippen LogP contribution in [-0.4, -0.2) is 44.8 Å². The summed E-state index contributed by atoms with van der Waals surface area (Å²) in [7, 11) is 1.31. The Labute approximate surface area is 176 Å². The summed E-state index contributed by atoms with van der Waals surface area (Å²) >= 11 is 0. The summed E-state index contributed by atoms with van der Waals surface area (Å²) in [6.45, 7) is 2.21. The van der Waals surface area contributed by atoms with Crippen LogP contribution in [0, 0.1) is 0 Å². The summed E-state index contributed by atoms with van der Waals surface area (Å²) in [4.78, 5) is 24.3. The number of esters is 1. The van der Waals surface area contributed by atoms with E-state index in [1.54, 1.807) is 18.2 Å². The number of ether oxygens (including phenoxy) is 3.